The minimum Gasteiger partial charge on any atom is -0.340 e. The van der Waals surface area contributed by atoms with E-state index in [0.717, 1.165) is 15.9 Å². The number of nitrogens with zero attached hydrogens (tertiary/aromatic N) is 4. The largest absolute Gasteiger partial charge is 0.352 e. The number of benzene rings is 2. The van der Waals surface area contributed by atoms with Crippen molar-refractivity contribution in [2.24, 2.45) is 0 Å². The molecule has 0 bridgehead atoms. The van der Waals surface area contributed by atoms with Crippen LogP contribution in [0.4, 0.5) is 17.2 Å². The monoisotopic (exact) mass is 408 g/mol. The van der Waals surface area contributed by atoms with Crippen LogP contribution in [0.1, 0.15) is 5.56 Å². The topological polar surface area (TPSA) is 93.3 Å². The maximum atomic E-state index is 12.5. The van der Waals surface area contributed by atoms with Crippen molar-refractivity contribution in [2.45, 2.75) is 13.5 Å². The Morgan fingerprint density at radius 3 is 2.66 bits per heavy atom. The van der Waals surface area contributed by atoms with Gasteiger partial charge in [0.05, 0.1) is 10.7 Å². The highest BCUT2D eigenvalue weighted by Crippen LogP contribution is 2.25. The van der Waals surface area contributed by atoms with Crippen LogP contribution < -0.4 is 16.3 Å². The van der Waals surface area contributed by atoms with Crippen molar-refractivity contribution in [1.82, 2.24) is 19.2 Å². The van der Waals surface area contributed by atoms with Crippen molar-refractivity contribution in [1.29, 1.82) is 0 Å². The Labute approximate surface area is 170 Å². The second-order valence-electron chi connectivity index (χ2n) is 6.39. The summed E-state index contributed by atoms with van der Waals surface area (Å²) in [5.41, 5.74) is 1.75. The van der Waals surface area contributed by atoms with Gasteiger partial charge in [0.1, 0.15) is 12.4 Å². The molecule has 2 N–H and O–H groups in total. The van der Waals surface area contributed by atoms with E-state index in [1.54, 1.807) is 24.4 Å². The molecule has 0 radical (unpaired) electrons. The zero-order valence-electron chi connectivity index (χ0n) is 15.5. The van der Waals surface area contributed by atoms with E-state index in [1.165, 1.54) is 4.40 Å². The Bertz CT molecular complexity index is 1230. The van der Waals surface area contributed by atoms with Crippen LogP contribution >= 0.6 is 11.6 Å². The number of para-hydroxylation sites is 2. The molecule has 0 unspecified atom stereocenters. The average Bonchev–Trinajstić information content (AvgIpc) is 3.00. The van der Waals surface area contributed by atoms with Crippen LogP contribution in [0.15, 0.2) is 65.6 Å². The van der Waals surface area contributed by atoms with Gasteiger partial charge in [-0.05, 0) is 36.8 Å². The lowest BCUT2D eigenvalue weighted by Gasteiger charge is -2.09. The molecule has 8 nitrogen and oxygen atoms in total. The van der Waals surface area contributed by atoms with Crippen molar-refractivity contribution in [3.63, 3.8) is 0 Å². The maximum absolute atomic E-state index is 12.5. The summed E-state index contributed by atoms with van der Waals surface area (Å²) in [5, 5.41) is 10.5. The lowest BCUT2D eigenvalue weighted by atomic mass is 10.2. The van der Waals surface area contributed by atoms with E-state index in [0.29, 0.717) is 16.5 Å². The van der Waals surface area contributed by atoms with E-state index in [1.807, 2.05) is 43.3 Å². The minimum atomic E-state index is -0.454. The average molecular weight is 409 g/mol. The fraction of sp³-hybridized carbons (Fsp3) is 0.100. The smallest absolute Gasteiger partial charge is 0.340 e. The van der Waals surface area contributed by atoms with Gasteiger partial charge in [-0.3, -0.25) is 4.79 Å². The first-order chi connectivity index (χ1) is 14.0. The number of nitrogens with one attached hydrogen (secondary N) is 2. The van der Waals surface area contributed by atoms with Gasteiger partial charge in [-0.1, -0.05) is 41.9 Å². The number of hydrogen-bond donors (Lipinski definition) is 2. The minimum absolute atomic E-state index is 0.192. The van der Waals surface area contributed by atoms with Crippen molar-refractivity contribution in [2.75, 3.05) is 10.6 Å². The van der Waals surface area contributed by atoms with Gasteiger partial charge in [0.2, 0.25) is 5.91 Å². The highest BCUT2D eigenvalue weighted by Gasteiger charge is 2.14. The number of carbonyl (C=O) groups is 1. The number of rotatable bonds is 5. The van der Waals surface area contributed by atoms with E-state index >= 15 is 0 Å². The number of aromatic nitrogens is 4. The third kappa shape index (κ3) is 3.97. The van der Waals surface area contributed by atoms with Gasteiger partial charge in [-0.15, -0.1) is 5.10 Å². The van der Waals surface area contributed by atoms with Gasteiger partial charge in [0, 0.05) is 11.9 Å². The predicted octanol–water partition coefficient (Wildman–Crippen LogP) is 3.24. The Morgan fingerprint density at radius 2 is 1.90 bits per heavy atom. The molecule has 0 fully saturated rings. The third-order valence-electron chi connectivity index (χ3n) is 4.28. The molecule has 0 atom stereocenters. The summed E-state index contributed by atoms with van der Waals surface area (Å²) in [4.78, 5) is 29.3. The number of anilines is 3. The lowest BCUT2D eigenvalue weighted by molar-refractivity contribution is -0.117. The van der Waals surface area contributed by atoms with Crippen molar-refractivity contribution in [3.05, 3.63) is 81.9 Å². The molecule has 0 aliphatic carbocycles. The van der Waals surface area contributed by atoms with Crippen LogP contribution in [0.2, 0.25) is 5.02 Å². The molecule has 0 aliphatic heterocycles. The standard InChI is InChI=1S/C20H17ClN6O2/c1-13-6-5-9-15(21)18(13)24-17(28)12-27-20(29)26-11-10-16(23-19(26)25-27)22-14-7-3-2-4-8-14/h2-11H,12H2,1H3,(H,24,28)(H,22,23,25). The lowest BCUT2D eigenvalue weighted by Crippen LogP contribution is -2.28. The molecule has 146 valence electrons. The van der Waals surface area contributed by atoms with Gasteiger partial charge in [-0.2, -0.15) is 4.98 Å². The first kappa shape index (κ1) is 18.7. The summed E-state index contributed by atoms with van der Waals surface area (Å²) in [6.07, 6.45) is 1.57. The molecule has 0 aliphatic rings. The molecule has 0 spiro atoms. The molecule has 1 amide bonds. The Hall–Kier alpha value is -3.65. The van der Waals surface area contributed by atoms with Crippen LogP contribution in [-0.2, 0) is 11.3 Å². The number of fused-ring (bicyclic) bond motifs is 1. The van der Waals surface area contributed by atoms with E-state index in [2.05, 4.69) is 20.7 Å². The van der Waals surface area contributed by atoms with E-state index in [9.17, 15) is 9.59 Å². The molecule has 2 aromatic heterocycles. The van der Waals surface area contributed by atoms with Gasteiger partial charge in [0.25, 0.3) is 5.78 Å². The van der Waals surface area contributed by atoms with Gasteiger partial charge in [0.15, 0.2) is 0 Å². The second kappa shape index (κ2) is 7.76. The fourth-order valence-corrected chi connectivity index (χ4v) is 3.12. The van der Waals surface area contributed by atoms with Crippen LogP contribution in [0.5, 0.6) is 0 Å². The SMILES string of the molecule is Cc1cccc(Cl)c1NC(=O)Cn1nc2nc(Nc3ccccc3)ccn2c1=O. The predicted molar refractivity (Wildman–Crippen MR) is 112 cm³/mol. The molecule has 0 saturated heterocycles. The first-order valence-corrected chi connectivity index (χ1v) is 9.22. The van der Waals surface area contributed by atoms with Crippen molar-refractivity contribution in [3.8, 4) is 0 Å². The molecular formula is C20H17ClN6O2. The normalized spacial score (nSPS) is 10.8. The van der Waals surface area contributed by atoms with E-state index < -0.39 is 11.6 Å². The quantitative estimate of drug-likeness (QED) is 0.528. The molecule has 4 aromatic rings. The number of amides is 1. The molecule has 2 heterocycles. The molecular weight excluding hydrogens is 392 g/mol. The summed E-state index contributed by atoms with van der Waals surface area (Å²) in [5.74, 6) is 0.323. The number of halogens is 1. The fourth-order valence-electron chi connectivity index (χ4n) is 2.85. The zero-order valence-corrected chi connectivity index (χ0v) is 16.2. The van der Waals surface area contributed by atoms with E-state index in [4.69, 9.17) is 11.6 Å². The highest BCUT2D eigenvalue weighted by molar-refractivity contribution is 6.33. The molecule has 29 heavy (non-hydrogen) atoms. The maximum Gasteiger partial charge on any atom is 0.352 e. The van der Waals surface area contributed by atoms with Crippen molar-refractivity contribution < 1.29 is 4.79 Å². The Morgan fingerprint density at radius 1 is 1.10 bits per heavy atom. The van der Waals surface area contributed by atoms with Gasteiger partial charge in [-0.25, -0.2) is 13.9 Å². The first-order valence-electron chi connectivity index (χ1n) is 8.84. The molecule has 0 saturated carbocycles. The molecule has 4 rings (SSSR count). The summed E-state index contributed by atoms with van der Waals surface area (Å²) in [6, 6.07) is 16.5. The van der Waals surface area contributed by atoms with Crippen LogP contribution in [-0.4, -0.2) is 25.1 Å². The van der Waals surface area contributed by atoms with Crippen LogP contribution in [0.25, 0.3) is 5.78 Å². The second-order valence-corrected chi connectivity index (χ2v) is 6.80. The van der Waals surface area contributed by atoms with Crippen molar-refractivity contribution >= 4 is 40.5 Å². The summed E-state index contributed by atoms with van der Waals surface area (Å²) in [7, 11) is 0. The summed E-state index contributed by atoms with van der Waals surface area (Å²) < 4.78 is 2.35. The van der Waals surface area contributed by atoms with Crippen LogP contribution in [0.3, 0.4) is 0 Å². The zero-order chi connectivity index (χ0) is 20.4. The molecule has 2 aromatic carbocycles. The summed E-state index contributed by atoms with van der Waals surface area (Å²) in [6.45, 7) is 1.58. The number of hydrogen-bond acceptors (Lipinski definition) is 5. The van der Waals surface area contributed by atoms with Crippen LogP contribution in [0, 0.1) is 6.92 Å². The molecule has 9 heteroatoms. The van der Waals surface area contributed by atoms with E-state index in [-0.39, 0.29) is 12.3 Å². The number of carbonyl (C=O) groups excluding carboxylic acids is 1. The summed E-state index contributed by atoms with van der Waals surface area (Å²) >= 11 is 6.14. The Balaban J connectivity index is 1.55. The van der Waals surface area contributed by atoms with Gasteiger partial charge >= 0.3 is 5.69 Å². The van der Waals surface area contributed by atoms with Gasteiger partial charge < -0.3 is 10.6 Å². The number of aryl methyl sites for hydroxylation is 1. The Kier molecular flexibility index (Phi) is 5.01. The highest BCUT2D eigenvalue weighted by atomic mass is 35.5. The third-order valence-corrected chi connectivity index (χ3v) is 4.60.